The molecule has 1 heteroatoms. The predicted octanol–water partition coefficient (Wildman–Crippen LogP) is 1.85. The second-order valence-corrected chi connectivity index (χ2v) is 2.45. The molecule has 0 amide bonds. The molecule has 1 nitrogen and oxygen atoms in total. The highest BCUT2D eigenvalue weighted by Crippen LogP contribution is 2.21. The van der Waals surface area contributed by atoms with Gasteiger partial charge in [-0.1, -0.05) is 18.7 Å². The van der Waals surface area contributed by atoms with E-state index in [0.717, 1.165) is 24.0 Å². The van der Waals surface area contributed by atoms with E-state index in [1.165, 1.54) is 0 Å². The summed E-state index contributed by atoms with van der Waals surface area (Å²) in [6.07, 6.45) is 2.29. The highest BCUT2D eigenvalue weighted by atomic mass is 16.1. The van der Waals surface area contributed by atoms with E-state index in [1.54, 1.807) is 0 Å². The quantitative estimate of drug-likeness (QED) is 0.354. The van der Waals surface area contributed by atoms with Crippen LogP contribution in [0.5, 0.6) is 0 Å². The number of carbonyl (C=O) groups excluding carboxylic acids is 1. The molecule has 0 N–H and O–H groups in total. The van der Waals surface area contributed by atoms with Crippen molar-refractivity contribution in [3.63, 3.8) is 0 Å². The second-order valence-electron chi connectivity index (χ2n) is 2.45. The van der Waals surface area contributed by atoms with Gasteiger partial charge in [0.1, 0.15) is 0 Å². The summed E-state index contributed by atoms with van der Waals surface area (Å²) in [5, 5.41) is 0. The molecule has 0 radical (unpaired) electrons. The summed E-state index contributed by atoms with van der Waals surface area (Å²) in [5.41, 5.74) is 1.81. The van der Waals surface area contributed by atoms with Crippen molar-refractivity contribution in [3.8, 4) is 0 Å². The SMILES string of the molecule is C=C1CCC(=C)C(=O)C1. The molecule has 0 aromatic heterocycles. The first-order valence-electron chi connectivity index (χ1n) is 3.08. The Morgan fingerprint density at radius 3 is 2.33 bits per heavy atom. The molecule has 0 unspecified atom stereocenters. The topological polar surface area (TPSA) is 17.1 Å². The third-order valence-corrected chi connectivity index (χ3v) is 1.59. The lowest BCUT2D eigenvalue weighted by molar-refractivity contribution is -0.115. The van der Waals surface area contributed by atoms with Crippen molar-refractivity contribution in [1.29, 1.82) is 0 Å². The van der Waals surface area contributed by atoms with Crippen LogP contribution >= 0.6 is 0 Å². The van der Waals surface area contributed by atoms with Gasteiger partial charge in [-0.3, -0.25) is 4.79 Å². The minimum atomic E-state index is 0.172. The fourth-order valence-electron chi connectivity index (χ4n) is 0.908. The Kier molecular flexibility index (Phi) is 1.52. The summed E-state index contributed by atoms with van der Waals surface area (Å²) in [4.78, 5) is 10.8. The van der Waals surface area contributed by atoms with Crippen LogP contribution in [-0.4, -0.2) is 5.78 Å². The fourth-order valence-corrected chi connectivity index (χ4v) is 0.908. The molecule has 1 saturated carbocycles. The molecular formula is C8H10O. The van der Waals surface area contributed by atoms with Gasteiger partial charge in [-0.15, -0.1) is 0 Å². The molecule has 0 aromatic carbocycles. The molecule has 1 rings (SSSR count). The van der Waals surface area contributed by atoms with Crippen LogP contribution in [-0.2, 0) is 4.79 Å². The van der Waals surface area contributed by atoms with E-state index in [1.807, 2.05) is 0 Å². The zero-order valence-electron chi connectivity index (χ0n) is 5.44. The van der Waals surface area contributed by atoms with Gasteiger partial charge >= 0.3 is 0 Å². The molecule has 0 bridgehead atoms. The van der Waals surface area contributed by atoms with E-state index in [4.69, 9.17) is 0 Å². The van der Waals surface area contributed by atoms with E-state index >= 15 is 0 Å². The number of Topliss-reactive ketones (excluding diaryl/α,β-unsaturated/α-hetero) is 1. The van der Waals surface area contributed by atoms with E-state index < -0.39 is 0 Å². The van der Waals surface area contributed by atoms with Crippen molar-refractivity contribution in [2.45, 2.75) is 19.3 Å². The van der Waals surface area contributed by atoms with Gasteiger partial charge in [-0.25, -0.2) is 0 Å². The third kappa shape index (κ3) is 1.28. The Balaban J connectivity index is 2.64. The Morgan fingerprint density at radius 1 is 1.22 bits per heavy atom. The van der Waals surface area contributed by atoms with Crippen molar-refractivity contribution < 1.29 is 4.79 Å². The summed E-state index contributed by atoms with van der Waals surface area (Å²) in [6, 6.07) is 0. The van der Waals surface area contributed by atoms with Crippen molar-refractivity contribution in [2.75, 3.05) is 0 Å². The van der Waals surface area contributed by atoms with Gasteiger partial charge in [0.05, 0.1) is 0 Å². The molecule has 1 aliphatic rings. The highest BCUT2D eigenvalue weighted by molar-refractivity contribution is 5.97. The van der Waals surface area contributed by atoms with Crippen LogP contribution in [0.4, 0.5) is 0 Å². The molecule has 0 spiro atoms. The summed E-state index contributed by atoms with van der Waals surface area (Å²) >= 11 is 0. The smallest absolute Gasteiger partial charge is 0.162 e. The largest absolute Gasteiger partial charge is 0.294 e. The average molecular weight is 122 g/mol. The van der Waals surface area contributed by atoms with Crippen molar-refractivity contribution in [3.05, 3.63) is 24.3 Å². The highest BCUT2D eigenvalue weighted by Gasteiger charge is 2.14. The molecule has 48 valence electrons. The number of ketones is 1. The molecule has 0 aliphatic heterocycles. The molecule has 1 fully saturated rings. The van der Waals surface area contributed by atoms with Crippen LogP contribution in [0.15, 0.2) is 24.3 Å². The minimum absolute atomic E-state index is 0.172. The number of rotatable bonds is 0. The van der Waals surface area contributed by atoms with E-state index in [0.29, 0.717) is 6.42 Å². The van der Waals surface area contributed by atoms with Gasteiger partial charge in [0, 0.05) is 6.42 Å². The first-order valence-corrected chi connectivity index (χ1v) is 3.08. The lowest BCUT2D eigenvalue weighted by Gasteiger charge is -2.12. The number of hydrogen-bond donors (Lipinski definition) is 0. The van der Waals surface area contributed by atoms with Gasteiger partial charge in [0.25, 0.3) is 0 Å². The Morgan fingerprint density at radius 2 is 1.89 bits per heavy atom. The van der Waals surface area contributed by atoms with E-state index in [2.05, 4.69) is 13.2 Å². The number of carbonyl (C=O) groups is 1. The molecule has 0 atom stereocenters. The maximum Gasteiger partial charge on any atom is 0.162 e. The van der Waals surface area contributed by atoms with Gasteiger partial charge < -0.3 is 0 Å². The summed E-state index contributed by atoms with van der Waals surface area (Å²) in [6.45, 7) is 7.38. The van der Waals surface area contributed by atoms with Crippen LogP contribution < -0.4 is 0 Å². The van der Waals surface area contributed by atoms with Gasteiger partial charge in [0.15, 0.2) is 5.78 Å². The average Bonchev–Trinajstić information content (AvgIpc) is 1.80. The number of hydrogen-bond acceptors (Lipinski definition) is 1. The van der Waals surface area contributed by atoms with Gasteiger partial charge in [-0.05, 0) is 18.4 Å². The first-order chi connectivity index (χ1) is 4.20. The van der Waals surface area contributed by atoms with Crippen LogP contribution in [0.1, 0.15) is 19.3 Å². The minimum Gasteiger partial charge on any atom is -0.294 e. The zero-order chi connectivity index (χ0) is 6.85. The van der Waals surface area contributed by atoms with Crippen molar-refractivity contribution >= 4 is 5.78 Å². The lowest BCUT2D eigenvalue weighted by atomic mass is 9.91. The first kappa shape index (κ1) is 6.27. The normalized spacial score (nSPS) is 20.7. The van der Waals surface area contributed by atoms with Crippen LogP contribution in [0, 0.1) is 0 Å². The third-order valence-electron chi connectivity index (χ3n) is 1.59. The van der Waals surface area contributed by atoms with E-state index in [-0.39, 0.29) is 5.78 Å². The predicted molar refractivity (Wildman–Crippen MR) is 37.1 cm³/mol. The summed E-state index contributed by atoms with van der Waals surface area (Å²) in [5.74, 6) is 0.172. The monoisotopic (exact) mass is 122 g/mol. The van der Waals surface area contributed by atoms with Crippen LogP contribution in [0.3, 0.4) is 0 Å². The van der Waals surface area contributed by atoms with Crippen LogP contribution in [0.25, 0.3) is 0 Å². The van der Waals surface area contributed by atoms with E-state index in [9.17, 15) is 4.79 Å². The maximum absolute atomic E-state index is 10.8. The molecule has 0 aromatic rings. The maximum atomic E-state index is 10.8. The second kappa shape index (κ2) is 2.18. The van der Waals surface area contributed by atoms with Gasteiger partial charge in [0.2, 0.25) is 0 Å². The fraction of sp³-hybridized carbons (Fsp3) is 0.375. The standard InChI is InChI=1S/C8H10O/c1-6-3-4-7(2)8(9)5-6/h1-5H2. The molecule has 0 heterocycles. The Bertz CT molecular complexity index is 177. The summed E-state index contributed by atoms with van der Waals surface area (Å²) in [7, 11) is 0. The number of allylic oxidation sites excluding steroid dienone is 2. The molecule has 0 saturated heterocycles. The summed E-state index contributed by atoms with van der Waals surface area (Å²) < 4.78 is 0. The molecule has 1 aliphatic carbocycles. The molecular weight excluding hydrogens is 112 g/mol. The lowest BCUT2D eigenvalue weighted by Crippen LogP contribution is -2.08. The van der Waals surface area contributed by atoms with Crippen molar-refractivity contribution in [1.82, 2.24) is 0 Å². The van der Waals surface area contributed by atoms with Gasteiger partial charge in [-0.2, -0.15) is 0 Å². The Labute approximate surface area is 55.1 Å². The van der Waals surface area contributed by atoms with Crippen molar-refractivity contribution in [2.24, 2.45) is 0 Å². The Hall–Kier alpha value is -0.850. The molecule has 9 heavy (non-hydrogen) atoms. The van der Waals surface area contributed by atoms with Crippen LogP contribution in [0.2, 0.25) is 0 Å². The zero-order valence-corrected chi connectivity index (χ0v) is 5.44.